The number of nitrogens with one attached hydrogen (secondary N) is 2. The molecule has 5 heterocycles. The van der Waals surface area contributed by atoms with Crippen LogP contribution in [0.5, 0.6) is 0 Å². The number of amides is 1. The van der Waals surface area contributed by atoms with E-state index in [0.717, 1.165) is 45.3 Å². The van der Waals surface area contributed by atoms with Gasteiger partial charge >= 0.3 is 5.97 Å². The predicted octanol–water partition coefficient (Wildman–Crippen LogP) is 3.15. The zero-order chi connectivity index (χ0) is 20.7. The van der Waals surface area contributed by atoms with Crippen LogP contribution in [0.1, 0.15) is 21.1 Å². The van der Waals surface area contributed by atoms with Crippen molar-refractivity contribution in [2.45, 2.75) is 19.4 Å². The number of aromatic nitrogens is 2. The number of carboxylic acids is 1. The molecule has 10 heteroatoms. The minimum atomic E-state index is -0.760. The van der Waals surface area contributed by atoms with Gasteiger partial charge in [0, 0.05) is 53.5 Å². The predicted molar refractivity (Wildman–Crippen MR) is 123 cm³/mol. The molecule has 162 valence electrons. The summed E-state index contributed by atoms with van der Waals surface area (Å²) in [5, 5.41) is 17.3. The van der Waals surface area contributed by atoms with Gasteiger partial charge in [-0.05, 0) is 24.6 Å². The fourth-order valence-corrected chi connectivity index (χ4v) is 6.20. The van der Waals surface area contributed by atoms with Gasteiger partial charge in [0.05, 0.1) is 16.8 Å². The minimum Gasteiger partial charge on any atom is -0.481 e. The Bertz CT molecular complexity index is 1100. The first-order valence-electron chi connectivity index (χ1n) is 9.89. The third-order valence-corrected chi connectivity index (χ3v) is 7.75. The van der Waals surface area contributed by atoms with Gasteiger partial charge in [-0.15, -0.1) is 22.7 Å². The van der Waals surface area contributed by atoms with Gasteiger partial charge in [-0.1, -0.05) is 0 Å². The summed E-state index contributed by atoms with van der Waals surface area (Å²) in [5.41, 5.74) is 3.18. The SMILES string of the molecule is O=C(CCN1CC(C(=O)O)C1)Nc1sc2c(c1-c1nc3cnccc3s1)CCNC2.[HH].[HH].[HH]. The van der Waals surface area contributed by atoms with Gasteiger partial charge in [-0.2, -0.15) is 0 Å². The second-order valence-corrected chi connectivity index (χ2v) is 9.73. The summed E-state index contributed by atoms with van der Waals surface area (Å²) in [6.45, 7) is 3.33. The maximum atomic E-state index is 12.7. The summed E-state index contributed by atoms with van der Waals surface area (Å²) >= 11 is 3.24. The number of carbonyl (C=O) groups is 2. The molecule has 3 N–H and O–H groups in total. The first kappa shape index (κ1) is 19.6. The number of thiazole rings is 1. The molecule has 0 aliphatic carbocycles. The fourth-order valence-electron chi connectivity index (χ4n) is 3.89. The Labute approximate surface area is 185 Å². The lowest BCUT2D eigenvalue weighted by Crippen LogP contribution is -2.50. The van der Waals surface area contributed by atoms with Crippen LogP contribution in [0.2, 0.25) is 0 Å². The summed E-state index contributed by atoms with van der Waals surface area (Å²) in [5.74, 6) is -1.11. The van der Waals surface area contributed by atoms with Crippen LogP contribution < -0.4 is 10.6 Å². The zero-order valence-electron chi connectivity index (χ0n) is 16.2. The maximum Gasteiger partial charge on any atom is 0.309 e. The van der Waals surface area contributed by atoms with Crippen LogP contribution in [0.3, 0.4) is 0 Å². The molecule has 0 atom stereocenters. The molecular formula is C20H27N5O3S2. The lowest BCUT2D eigenvalue weighted by atomic mass is 10.0. The molecule has 0 aromatic carbocycles. The van der Waals surface area contributed by atoms with Gasteiger partial charge in [0.15, 0.2) is 0 Å². The first-order chi connectivity index (χ1) is 14.6. The van der Waals surface area contributed by atoms with E-state index in [1.54, 1.807) is 35.1 Å². The number of carboxylic acid groups (broad SMARTS) is 1. The third kappa shape index (κ3) is 3.71. The smallest absolute Gasteiger partial charge is 0.309 e. The number of thiophene rings is 1. The van der Waals surface area contributed by atoms with Crippen LogP contribution in [-0.4, -0.2) is 58.0 Å². The number of likely N-dealkylation sites (tertiary alicyclic amines) is 1. The molecule has 0 unspecified atom stereocenters. The van der Waals surface area contributed by atoms with Gasteiger partial charge in [-0.3, -0.25) is 14.6 Å². The van der Waals surface area contributed by atoms with E-state index >= 15 is 0 Å². The van der Waals surface area contributed by atoms with Crippen molar-refractivity contribution in [1.82, 2.24) is 20.2 Å². The molecule has 1 fully saturated rings. The molecule has 2 aliphatic heterocycles. The van der Waals surface area contributed by atoms with Crippen molar-refractivity contribution in [3.8, 4) is 10.6 Å². The second kappa shape index (κ2) is 8.03. The van der Waals surface area contributed by atoms with E-state index in [9.17, 15) is 9.59 Å². The normalized spacial score (nSPS) is 16.9. The van der Waals surface area contributed by atoms with Crippen molar-refractivity contribution in [2.24, 2.45) is 5.92 Å². The number of aliphatic carboxylic acids is 1. The molecule has 0 radical (unpaired) electrons. The number of hydrogen-bond acceptors (Lipinski definition) is 8. The van der Waals surface area contributed by atoms with Crippen LogP contribution >= 0.6 is 22.7 Å². The molecule has 2 aliphatic rings. The van der Waals surface area contributed by atoms with Gasteiger partial charge < -0.3 is 20.6 Å². The van der Waals surface area contributed by atoms with Crippen molar-refractivity contribution in [3.05, 3.63) is 28.9 Å². The van der Waals surface area contributed by atoms with E-state index < -0.39 is 5.97 Å². The number of fused-ring (bicyclic) bond motifs is 2. The average Bonchev–Trinajstić information content (AvgIpc) is 3.26. The first-order valence-corrected chi connectivity index (χ1v) is 11.5. The molecule has 1 saturated heterocycles. The Morgan fingerprint density at radius 2 is 2.23 bits per heavy atom. The Kier molecular flexibility index (Phi) is 5.23. The number of hydrogen-bond donors (Lipinski definition) is 3. The molecule has 0 bridgehead atoms. The summed E-state index contributed by atoms with van der Waals surface area (Å²) < 4.78 is 1.08. The monoisotopic (exact) mass is 449 g/mol. The summed E-state index contributed by atoms with van der Waals surface area (Å²) in [6, 6.07) is 1.96. The highest BCUT2D eigenvalue weighted by atomic mass is 32.1. The molecule has 1 amide bonds. The third-order valence-electron chi connectivity index (χ3n) is 5.55. The molecule has 0 saturated carbocycles. The van der Waals surface area contributed by atoms with Crippen molar-refractivity contribution in [3.63, 3.8) is 0 Å². The largest absolute Gasteiger partial charge is 0.481 e. The molecule has 5 rings (SSSR count). The second-order valence-electron chi connectivity index (χ2n) is 7.59. The number of nitrogens with zero attached hydrogens (tertiary/aromatic N) is 3. The topological polar surface area (TPSA) is 107 Å². The Morgan fingerprint density at radius 3 is 3.03 bits per heavy atom. The van der Waals surface area contributed by atoms with E-state index in [1.165, 1.54) is 10.4 Å². The molecule has 0 spiro atoms. The van der Waals surface area contributed by atoms with Gasteiger partial charge in [0.2, 0.25) is 5.91 Å². The molecular weight excluding hydrogens is 422 g/mol. The van der Waals surface area contributed by atoms with Crippen LogP contribution in [0, 0.1) is 5.92 Å². The molecule has 3 aromatic heterocycles. The van der Waals surface area contributed by atoms with Crippen molar-refractivity contribution < 1.29 is 19.0 Å². The fraction of sp³-hybridized carbons (Fsp3) is 0.400. The van der Waals surface area contributed by atoms with Gasteiger partial charge in [0.1, 0.15) is 15.5 Å². The summed E-state index contributed by atoms with van der Waals surface area (Å²) in [7, 11) is 0. The summed E-state index contributed by atoms with van der Waals surface area (Å²) in [6.07, 6.45) is 4.79. The molecule has 30 heavy (non-hydrogen) atoms. The highest BCUT2D eigenvalue weighted by Crippen LogP contribution is 2.44. The van der Waals surface area contributed by atoms with Crippen molar-refractivity contribution in [1.29, 1.82) is 0 Å². The Balaban J connectivity index is 0.00000128. The average molecular weight is 450 g/mol. The lowest BCUT2D eigenvalue weighted by Gasteiger charge is -2.36. The highest BCUT2D eigenvalue weighted by Gasteiger charge is 2.32. The Hall–Kier alpha value is -2.40. The van der Waals surface area contributed by atoms with E-state index in [-0.39, 0.29) is 16.1 Å². The minimum absolute atomic E-state index is 0. The van der Waals surface area contributed by atoms with E-state index in [0.29, 0.717) is 26.1 Å². The quantitative estimate of drug-likeness (QED) is 0.531. The van der Waals surface area contributed by atoms with Gasteiger partial charge in [0.25, 0.3) is 0 Å². The van der Waals surface area contributed by atoms with Gasteiger partial charge in [-0.25, -0.2) is 4.98 Å². The van der Waals surface area contributed by atoms with E-state index in [1.807, 2.05) is 11.0 Å². The van der Waals surface area contributed by atoms with Crippen molar-refractivity contribution >= 4 is 49.8 Å². The maximum absolute atomic E-state index is 12.7. The summed E-state index contributed by atoms with van der Waals surface area (Å²) in [4.78, 5) is 35.8. The van der Waals surface area contributed by atoms with E-state index in [2.05, 4.69) is 15.6 Å². The van der Waals surface area contributed by atoms with Crippen LogP contribution in [0.25, 0.3) is 20.8 Å². The van der Waals surface area contributed by atoms with Crippen LogP contribution in [0.4, 0.5) is 5.00 Å². The zero-order valence-corrected chi connectivity index (χ0v) is 17.8. The number of anilines is 1. The Morgan fingerprint density at radius 1 is 1.37 bits per heavy atom. The number of pyridine rings is 1. The lowest BCUT2D eigenvalue weighted by molar-refractivity contribution is -0.147. The van der Waals surface area contributed by atoms with Crippen molar-refractivity contribution in [2.75, 3.05) is 31.5 Å². The standard InChI is InChI=1S/C20H21N5O3S2.3H2/c26-16(3-6-25-9-11(10-25)20(27)28)24-19-17(12-1-4-22-8-15(12)30-19)18-23-13-7-21-5-2-14(13)29-18;;;/h2,5,7,11,22H,1,3-4,6,8-10H2,(H,24,26)(H,27,28);3*1H. The molecule has 8 nitrogen and oxygen atoms in total. The number of carbonyl (C=O) groups excluding carboxylic acids is 1. The highest BCUT2D eigenvalue weighted by molar-refractivity contribution is 7.22. The van der Waals surface area contributed by atoms with Crippen LogP contribution in [-0.2, 0) is 22.6 Å². The van der Waals surface area contributed by atoms with Crippen LogP contribution in [0.15, 0.2) is 18.5 Å². The number of rotatable bonds is 6. The molecule has 3 aromatic rings. The van der Waals surface area contributed by atoms with E-state index in [4.69, 9.17) is 10.1 Å².